The topological polar surface area (TPSA) is 44.4 Å². The van der Waals surface area contributed by atoms with Crippen LogP contribution in [0.3, 0.4) is 0 Å². The lowest BCUT2D eigenvalue weighted by atomic mass is 9.98. The molecule has 0 spiro atoms. The summed E-state index contributed by atoms with van der Waals surface area (Å²) >= 11 is 5.90. The Morgan fingerprint density at radius 1 is 1.50 bits per heavy atom. The minimum Gasteiger partial charge on any atom is -0.324 e. The highest BCUT2D eigenvalue weighted by atomic mass is 35.5. The van der Waals surface area contributed by atoms with Gasteiger partial charge in [-0.1, -0.05) is 11.6 Å². The molecule has 0 bridgehead atoms. The highest BCUT2D eigenvalue weighted by molar-refractivity contribution is 6.33. The Kier molecular flexibility index (Phi) is 8.10. The maximum absolute atomic E-state index is 13.0. The number of anilines is 1. The molecule has 124 valence electrons. The summed E-state index contributed by atoms with van der Waals surface area (Å²) in [6.45, 7) is 3.17. The number of hydrogen-bond donors (Lipinski definition) is 2. The number of carbonyl (C=O) groups is 1. The number of amides is 1. The van der Waals surface area contributed by atoms with Crippen LogP contribution in [0.15, 0.2) is 18.2 Å². The summed E-state index contributed by atoms with van der Waals surface area (Å²) in [7, 11) is 1.95. The number of benzene rings is 1. The average Bonchev–Trinajstić information content (AvgIpc) is 2.43. The number of nitrogens with one attached hydrogen (secondary N) is 2. The van der Waals surface area contributed by atoms with Crippen LogP contribution in [0.25, 0.3) is 0 Å². The monoisotopic (exact) mass is 349 g/mol. The third-order valence-electron chi connectivity index (χ3n) is 3.67. The van der Waals surface area contributed by atoms with Gasteiger partial charge in [-0.2, -0.15) is 0 Å². The second-order valence-electron chi connectivity index (χ2n) is 5.47. The van der Waals surface area contributed by atoms with E-state index < -0.39 is 5.82 Å². The standard InChI is InChI=1S/C15H21ClFN3O.ClH/c1-18-8-11-3-2-6-20(9-11)10-15(21)19-14-5-4-12(17)7-13(14)16;/h4-5,7,11,18H,2-3,6,8-10H2,1H3,(H,19,21);1H. The lowest BCUT2D eigenvalue weighted by Gasteiger charge is -2.32. The summed E-state index contributed by atoms with van der Waals surface area (Å²) in [5.74, 6) is 0.0588. The van der Waals surface area contributed by atoms with Crippen molar-refractivity contribution < 1.29 is 9.18 Å². The van der Waals surface area contributed by atoms with Crippen molar-refractivity contribution >= 4 is 35.6 Å². The van der Waals surface area contributed by atoms with Crippen molar-refractivity contribution in [3.05, 3.63) is 29.0 Å². The van der Waals surface area contributed by atoms with E-state index in [4.69, 9.17) is 11.6 Å². The number of halogens is 3. The normalized spacial score (nSPS) is 18.6. The van der Waals surface area contributed by atoms with E-state index in [1.165, 1.54) is 24.6 Å². The summed E-state index contributed by atoms with van der Waals surface area (Å²) in [5, 5.41) is 6.14. The number of piperidine rings is 1. The van der Waals surface area contributed by atoms with Crippen LogP contribution in [0, 0.1) is 11.7 Å². The molecule has 1 amide bonds. The Morgan fingerprint density at radius 3 is 2.95 bits per heavy atom. The number of carbonyl (C=O) groups excluding carboxylic acids is 1. The van der Waals surface area contributed by atoms with Gasteiger partial charge in [-0.25, -0.2) is 4.39 Å². The zero-order chi connectivity index (χ0) is 15.2. The van der Waals surface area contributed by atoms with Crippen LogP contribution in [-0.2, 0) is 4.79 Å². The third-order valence-corrected chi connectivity index (χ3v) is 3.98. The average molecular weight is 350 g/mol. The molecule has 0 aliphatic carbocycles. The molecule has 2 rings (SSSR count). The first kappa shape index (κ1) is 19.2. The van der Waals surface area contributed by atoms with Gasteiger partial charge in [-0.3, -0.25) is 9.69 Å². The van der Waals surface area contributed by atoms with Gasteiger partial charge in [0, 0.05) is 6.54 Å². The van der Waals surface area contributed by atoms with Gasteiger partial charge in [0.1, 0.15) is 5.82 Å². The van der Waals surface area contributed by atoms with Gasteiger partial charge >= 0.3 is 0 Å². The molecule has 1 heterocycles. The fourth-order valence-corrected chi connectivity index (χ4v) is 2.95. The molecule has 2 N–H and O–H groups in total. The van der Waals surface area contributed by atoms with Gasteiger partial charge in [0.15, 0.2) is 0 Å². The molecule has 1 saturated heterocycles. The predicted molar refractivity (Wildman–Crippen MR) is 90.4 cm³/mol. The van der Waals surface area contributed by atoms with Crippen molar-refractivity contribution in [2.24, 2.45) is 5.92 Å². The van der Waals surface area contributed by atoms with Gasteiger partial charge in [0.2, 0.25) is 5.91 Å². The Hall–Kier alpha value is -0.880. The lowest BCUT2D eigenvalue weighted by molar-refractivity contribution is -0.117. The molecule has 4 nitrogen and oxygen atoms in total. The van der Waals surface area contributed by atoms with E-state index in [1.54, 1.807) is 0 Å². The van der Waals surface area contributed by atoms with E-state index in [1.807, 2.05) is 7.05 Å². The van der Waals surface area contributed by atoms with Crippen LogP contribution in [-0.4, -0.2) is 44.0 Å². The molecule has 1 fully saturated rings. The van der Waals surface area contributed by atoms with Gasteiger partial charge in [0.05, 0.1) is 17.3 Å². The molecule has 0 aromatic heterocycles. The second kappa shape index (κ2) is 9.30. The Labute approximate surface area is 141 Å². The molecule has 1 atom stereocenters. The summed E-state index contributed by atoms with van der Waals surface area (Å²) < 4.78 is 13.0. The van der Waals surface area contributed by atoms with Crippen molar-refractivity contribution in [2.45, 2.75) is 12.8 Å². The molecule has 1 aromatic carbocycles. The Morgan fingerprint density at radius 2 is 2.27 bits per heavy atom. The molecule has 1 aromatic rings. The molecular formula is C15H22Cl2FN3O. The smallest absolute Gasteiger partial charge is 0.238 e. The van der Waals surface area contributed by atoms with Crippen LogP contribution in [0.4, 0.5) is 10.1 Å². The van der Waals surface area contributed by atoms with E-state index >= 15 is 0 Å². The van der Waals surface area contributed by atoms with E-state index in [0.717, 1.165) is 26.1 Å². The summed E-state index contributed by atoms with van der Waals surface area (Å²) in [6, 6.07) is 3.96. The summed E-state index contributed by atoms with van der Waals surface area (Å²) in [6.07, 6.45) is 2.31. The minimum absolute atomic E-state index is 0. The zero-order valence-electron chi connectivity index (χ0n) is 12.6. The van der Waals surface area contributed by atoms with Crippen LogP contribution in [0.1, 0.15) is 12.8 Å². The van der Waals surface area contributed by atoms with Crippen LogP contribution < -0.4 is 10.6 Å². The van der Waals surface area contributed by atoms with Crippen molar-refractivity contribution in [1.29, 1.82) is 0 Å². The first-order chi connectivity index (χ1) is 10.1. The first-order valence-electron chi connectivity index (χ1n) is 7.20. The molecule has 1 unspecified atom stereocenters. The molecule has 0 radical (unpaired) electrons. The third kappa shape index (κ3) is 5.72. The molecule has 1 aliphatic heterocycles. The molecule has 22 heavy (non-hydrogen) atoms. The van der Waals surface area contributed by atoms with E-state index in [2.05, 4.69) is 15.5 Å². The van der Waals surface area contributed by atoms with Crippen molar-refractivity contribution in [3.8, 4) is 0 Å². The van der Waals surface area contributed by atoms with Crippen molar-refractivity contribution in [1.82, 2.24) is 10.2 Å². The van der Waals surface area contributed by atoms with Gasteiger partial charge in [0.25, 0.3) is 0 Å². The SMILES string of the molecule is CNCC1CCCN(CC(=O)Nc2ccc(F)cc2Cl)C1.Cl. The number of rotatable bonds is 5. The lowest BCUT2D eigenvalue weighted by Crippen LogP contribution is -2.42. The maximum Gasteiger partial charge on any atom is 0.238 e. The molecule has 1 aliphatic rings. The molecular weight excluding hydrogens is 328 g/mol. The highest BCUT2D eigenvalue weighted by Crippen LogP contribution is 2.22. The fourth-order valence-electron chi connectivity index (χ4n) is 2.73. The van der Waals surface area contributed by atoms with Gasteiger partial charge < -0.3 is 10.6 Å². The molecule has 0 saturated carbocycles. The summed E-state index contributed by atoms with van der Waals surface area (Å²) in [4.78, 5) is 14.2. The van der Waals surface area contributed by atoms with E-state index in [0.29, 0.717) is 18.2 Å². The maximum atomic E-state index is 13.0. The number of likely N-dealkylation sites (tertiary alicyclic amines) is 1. The Balaban J connectivity index is 0.00000242. The fraction of sp³-hybridized carbons (Fsp3) is 0.533. The quantitative estimate of drug-likeness (QED) is 0.858. The second-order valence-corrected chi connectivity index (χ2v) is 5.88. The first-order valence-corrected chi connectivity index (χ1v) is 7.58. The van der Waals surface area contributed by atoms with Crippen molar-refractivity contribution in [3.63, 3.8) is 0 Å². The van der Waals surface area contributed by atoms with Gasteiger partial charge in [-0.15, -0.1) is 12.4 Å². The number of hydrogen-bond acceptors (Lipinski definition) is 3. The summed E-state index contributed by atoms with van der Waals surface area (Å²) in [5.41, 5.74) is 0.451. The molecule has 7 heteroatoms. The Bertz CT molecular complexity index is 500. The van der Waals surface area contributed by atoms with E-state index in [-0.39, 0.29) is 23.3 Å². The minimum atomic E-state index is -0.413. The van der Waals surface area contributed by atoms with Crippen LogP contribution in [0.2, 0.25) is 5.02 Å². The van der Waals surface area contributed by atoms with E-state index in [9.17, 15) is 9.18 Å². The van der Waals surface area contributed by atoms with Gasteiger partial charge in [-0.05, 0) is 57.1 Å². The zero-order valence-corrected chi connectivity index (χ0v) is 14.1. The number of nitrogens with zero attached hydrogens (tertiary/aromatic N) is 1. The van der Waals surface area contributed by atoms with Crippen LogP contribution >= 0.6 is 24.0 Å². The van der Waals surface area contributed by atoms with Crippen molar-refractivity contribution in [2.75, 3.05) is 38.5 Å². The largest absolute Gasteiger partial charge is 0.324 e. The predicted octanol–water partition coefficient (Wildman–Crippen LogP) is 2.77. The highest BCUT2D eigenvalue weighted by Gasteiger charge is 2.21. The van der Waals surface area contributed by atoms with Crippen LogP contribution in [0.5, 0.6) is 0 Å².